The Morgan fingerprint density at radius 3 is 2.39 bits per heavy atom. The number of hydrogen-bond acceptors (Lipinski definition) is 4. The Labute approximate surface area is 108 Å². The highest BCUT2D eigenvalue weighted by molar-refractivity contribution is 5.36. The van der Waals surface area contributed by atoms with Crippen molar-refractivity contribution in [2.45, 2.75) is 32.7 Å². The maximum Gasteiger partial charge on any atom is 0.293 e. The van der Waals surface area contributed by atoms with E-state index in [4.69, 9.17) is 9.47 Å². The molecule has 0 bridgehead atoms. The lowest BCUT2D eigenvalue weighted by molar-refractivity contribution is -0.133. The lowest BCUT2D eigenvalue weighted by Gasteiger charge is -2.17. The van der Waals surface area contributed by atoms with Gasteiger partial charge in [-0.25, -0.2) is 0 Å². The predicted molar refractivity (Wildman–Crippen MR) is 68.1 cm³/mol. The van der Waals surface area contributed by atoms with Gasteiger partial charge in [-0.05, 0) is 19.4 Å². The van der Waals surface area contributed by atoms with Crippen LogP contribution in [0.15, 0.2) is 30.3 Å². The first kappa shape index (κ1) is 14.7. The summed E-state index contributed by atoms with van der Waals surface area (Å²) in [6.07, 6.45) is -0.109. The van der Waals surface area contributed by atoms with E-state index in [0.717, 1.165) is 5.56 Å². The Balaban J connectivity index is 2.14. The molecule has 100 valence electrons. The van der Waals surface area contributed by atoms with Crippen molar-refractivity contribution in [3.63, 3.8) is 0 Å². The van der Waals surface area contributed by atoms with Crippen LogP contribution in [0, 0.1) is 0 Å². The zero-order valence-electron chi connectivity index (χ0n) is 10.9. The summed E-state index contributed by atoms with van der Waals surface area (Å²) in [5.41, 5.74) is 1.14. The molecule has 4 heteroatoms. The molecule has 0 spiro atoms. The Bertz CT molecular complexity index is 326. The van der Waals surface area contributed by atoms with Crippen LogP contribution in [0.4, 0.5) is 0 Å². The van der Waals surface area contributed by atoms with Gasteiger partial charge in [-0.15, -0.1) is 0 Å². The molecule has 1 rings (SSSR count). The van der Waals surface area contributed by atoms with Gasteiger partial charge < -0.3 is 14.2 Å². The average Bonchev–Trinajstić information content (AvgIpc) is 2.41. The molecule has 0 radical (unpaired) electrons. The number of ether oxygens (including phenoxy) is 3. The molecule has 0 aliphatic heterocycles. The molecule has 18 heavy (non-hydrogen) atoms. The SMILES string of the molecule is CC(COC=O)OCC(C)OCc1ccccc1. The number of hydrogen-bond donors (Lipinski definition) is 0. The van der Waals surface area contributed by atoms with E-state index in [1.54, 1.807) is 0 Å². The molecule has 0 saturated heterocycles. The molecule has 0 heterocycles. The lowest BCUT2D eigenvalue weighted by Crippen LogP contribution is -2.23. The first-order valence-corrected chi connectivity index (χ1v) is 6.04. The maximum atomic E-state index is 10.0. The fraction of sp³-hybridized carbons (Fsp3) is 0.500. The van der Waals surface area contributed by atoms with E-state index in [2.05, 4.69) is 4.74 Å². The van der Waals surface area contributed by atoms with Crippen LogP contribution in [0.5, 0.6) is 0 Å². The van der Waals surface area contributed by atoms with Crippen molar-refractivity contribution in [2.24, 2.45) is 0 Å². The van der Waals surface area contributed by atoms with Crippen LogP contribution in [0.3, 0.4) is 0 Å². The van der Waals surface area contributed by atoms with Crippen LogP contribution < -0.4 is 0 Å². The molecule has 2 atom stereocenters. The second kappa shape index (κ2) is 8.66. The monoisotopic (exact) mass is 252 g/mol. The topological polar surface area (TPSA) is 44.8 Å². The van der Waals surface area contributed by atoms with Gasteiger partial charge in [0.05, 0.1) is 25.4 Å². The van der Waals surface area contributed by atoms with Crippen molar-refractivity contribution in [1.82, 2.24) is 0 Å². The van der Waals surface area contributed by atoms with E-state index in [1.165, 1.54) is 0 Å². The Morgan fingerprint density at radius 2 is 1.72 bits per heavy atom. The summed E-state index contributed by atoms with van der Waals surface area (Å²) in [5.74, 6) is 0. The minimum absolute atomic E-state index is 0.00360. The Morgan fingerprint density at radius 1 is 1.06 bits per heavy atom. The second-order valence-corrected chi connectivity index (χ2v) is 4.18. The summed E-state index contributed by atoms with van der Waals surface area (Å²) in [6.45, 7) is 5.56. The molecule has 1 aromatic rings. The number of rotatable bonds is 9. The molecule has 4 nitrogen and oxygen atoms in total. The fourth-order valence-electron chi connectivity index (χ4n) is 1.38. The smallest absolute Gasteiger partial charge is 0.293 e. The van der Waals surface area contributed by atoms with Crippen molar-refractivity contribution in [3.05, 3.63) is 35.9 Å². The van der Waals surface area contributed by atoms with Gasteiger partial charge >= 0.3 is 0 Å². The van der Waals surface area contributed by atoms with E-state index in [9.17, 15) is 4.79 Å². The number of benzene rings is 1. The molecule has 2 unspecified atom stereocenters. The van der Waals surface area contributed by atoms with Gasteiger partial charge in [0.1, 0.15) is 6.61 Å². The van der Waals surface area contributed by atoms with E-state index in [0.29, 0.717) is 19.7 Å². The van der Waals surface area contributed by atoms with Crippen molar-refractivity contribution in [2.75, 3.05) is 13.2 Å². The van der Waals surface area contributed by atoms with Gasteiger partial charge in [0, 0.05) is 0 Å². The Hall–Kier alpha value is -1.39. The summed E-state index contributed by atoms with van der Waals surface area (Å²) in [7, 11) is 0. The fourth-order valence-corrected chi connectivity index (χ4v) is 1.38. The summed E-state index contributed by atoms with van der Waals surface area (Å²) >= 11 is 0. The third-order valence-electron chi connectivity index (χ3n) is 2.39. The van der Waals surface area contributed by atoms with Crippen LogP contribution in [-0.4, -0.2) is 31.9 Å². The van der Waals surface area contributed by atoms with E-state index >= 15 is 0 Å². The van der Waals surface area contributed by atoms with Gasteiger partial charge in [-0.2, -0.15) is 0 Å². The molecule has 0 amide bonds. The van der Waals surface area contributed by atoms with Gasteiger partial charge in [0.25, 0.3) is 6.47 Å². The second-order valence-electron chi connectivity index (χ2n) is 4.18. The lowest BCUT2D eigenvalue weighted by atomic mass is 10.2. The summed E-state index contributed by atoms with van der Waals surface area (Å²) in [4.78, 5) is 10.0. The van der Waals surface area contributed by atoms with E-state index in [-0.39, 0.29) is 18.8 Å². The molecule has 0 fully saturated rings. The predicted octanol–water partition coefficient (Wildman–Crippen LogP) is 2.17. The van der Waals surface area contributed by atoms with Gasteiger partial charge in [-0.3, -0.25) is 4.79 Å². The first-order chi connectivity index (χ1) is 8.72. The van der Waals surface area contributed by atoms with Crippen LogP contribution in [-0.2, 0) is 25.6 Å². The minimum Gasteiger partial charge on any atom is -0.465 e. The largest absolute Gasteiger partial charge is 0.465 e. The van der Waals surface area contributed by atoms with Gasteiger partial charge in [-0.1, -0.05) is 30.3 Å². The quantitative estimate of drug-likeness (QED) is 0.632. The number of carbonyl (C=O) groups excluding carboxylic acids is 1. The van der Waals surface area contributed by atoms with Crippen molar-refractivity contribution < 1.29 is 19.0 Å². The molecule has 0 N–H and O–H groups in total. The van der Waals surface area contributed by atoms with E-state index in [1.807, 2.05) is 44.2 Å². The van der Waals surface area contributed by atoms with Crippen molar-refractivity contribution in [3.8, 4) is 0 Å². The molecule has 1 aromatic carbocycles. The molecular formula is C14H20O4. The minimum atomic E-state index is -0.113. The number of carbonyl (C=O) groups is 1. The molecule has 0 aliphatic carbocycles. The molecule has 0 aromatic heterocycles. The average molecular weight is 252 g/mol. The van der Waals surface area contributed by atoms with Crippen molar-refractivity contribution in [1.29, 1.82) is 0 Å². The molecular weight excluding hydrogens is 232 g/mol. The summed E-state index contributed by atoms with van der Waals surface area (Å²) in [6, 6.07) is 9.99. The molecule has 0 aliphatic rings. The summed E-state index contributed by atoms with van der Waals surface area (Å²) in [5, 5.41) is 0. The van der Waals surface area contributed by atoms with Crippen LogP contribution >= 0.6 is 0 Å². The van der Waals surface area contributed by atoms with Crippen LogP contribution in [0.25, 0.3) is 0 Å². The summed E-state index contributed by atoms with van der Waals surface area (Å²) < 4.78 is 15.7. The zero-order chi connectivity index (χ0) is 13.2. The highest BCUT2D eigenvalue weighted by Crippen LogP contribution is 2.04. The first-order valence-electron chi connectivity index (χ1n) is 6.04. The Kier molecular flexibility index (Phi) is 7.06. The highest BCUT2D eigenvalue weighted by Gasteiger charge is 2.07. The van der Waals surface area contributed by atoms with Crippen molar-refractivity contribution >= 4 is 6.47 Å². The van der Waals surface area contributed by atoms with Gasteiger partial charge in [0.15, 0.2) is 0 Å². The zero-order valence-corrected chi connectivity index (χ0v) is 10.9. The van der Waals surface area contributed by atoms with E-state index < -0.39 is 0 Å². The van der Waals surface area contributed by atoms with Crippen LogP contribution in [0.1, 0.15) is 19.4 Å². The van der Waals surface area contributed by atoms with Crippen LogP contribution in [0.2, 0.25) is 0 Å². The van der Waals surface area contributed by atoms with Gasteiger partial charge in [0.2, 0.25) is 0 Å². The third kappa shape index (κ3) is 6.37. The molecule has 0 saturated carbocycles. The normalized spacial score (nSPS) is 13.9. The third-order valence-corrected chi connectivity index (χ3v) is 2.39. The highest BCUT2D eigenvalue weighted by atomic mass is 16.6. The standard InChI is InChI=1S/C14H20O4/c1-12(8-16-11-15)17-9-13(2)18-10-14-6-4-3-5-7-14/h3-7,11-13H,8-10H2,1-2H3. The maximum absolute atomic E-state index is 10.0.